The third-order valence-corrected chi connectivity index (χ3v) is 2.41. The minimum atomic E-state index is 0.452. The zero-order valence-corrected chi connectivity index (χ0v) is 7.94. The molecule has 0 bridgehead atoms. The van der Waals surface area contributed by atoms with Crippen LogP contribution in [0.15, 0.2) is 30.4 Å². The second kappa shape index (κ2) is 3.17. The predicted molar refractivity (Wildman–Crippen MR) is 51.2 cm³/mol. The van der Waals surface area contributed by atoms with Gasteiger partial charge in [-0.2, -0.15) is 0 Å². The molecule has 0 aliphatic carbocycles. The first-order valence-corrected chi connectivity index (χ1v) is 4.42. The summed E-state index contributed by atoms with van der Waals surface area (Å²) in [6.07, 6.45) is 5.58. The lowest BCUT2D eigenvalue weighted by Crippen LogP contribution is -2.12. The molecule has 68 valence electrons. The van der Waals surface area contributed by atoms with Crippen molar-refractivity contribution in [2.45, 2.75) is 12.8 Å². The maximum absolute atomic E-state index is 4.27. The Balaban J connectivity index is 2.25. The second-order valence-electron chi connectivity index (χ2n) is 3.50. The van der Waals surface area contributed by atoms with E-state index in [4.69, 9.17) is 0 Å². The van der Waals surface area contributed by atoms with Gasteiger partial charge in [-0.1, -0.05) is 0 Å². The summed E-state index contributed by atoms with van der Waals surface area (Å²) in [5.74, 6) is 0.452. The monoisotopic (exact) mass is 175 g/mol. The Kier molecular flexibility index (Phi) is 2.00. The number of nitrogens with zero attached hydrogens (tertiary/aromatic N) is 3. The summed E-state index contributed by atoms with van der Waals surface area (Å²) in [5.41, 5.74) is 2.49. The molecule has 0 saturated carbocycles. The van der Waals surface area contributed by atoms with Gasteiger partial charge in [0.2, 0.25) is 0 Å². The normalized spacial score (nSPS) is 21.8. The molecule has 0 amide bonds. The van der Waals surface area contributed by atoms with Crippen LogP contribution in [0.1, 0.15) is 18.5 Å². The first kappa shape index (κ1) is 8.23. The van der Waals surface area contributed by atoms with Gasteiger partial charge in [-0.05, 0) is 24.8 Å². The highest BCUT2D eigenvalue weighted by molar-refractivity contribution is 5.25. The molecule has 0 aromatic carbocycles. The minimum Gasteiger partial charge on any atom is -0.379 e. The molecule has 1 unspecified atom stereocenters. The van der Waals surface area contributed by atoms with Crippen molar-refractivity contribution in [1.29, 1.82) is 0 Å². The van der Waals surface area contributed by atoms with Gasteiger partial charge in [-0.3, -0.25) is 0 Å². The van der Waals surface area contributed by atoms with Gasteiger partial charge in [0.25, 0.3) is 0 Å². The average molecular weight is 175 g/mol. The van der Waals surface area contributed by atoms with Crippen LogP contribution in [0.2, 0.25) is 0 Å². The van der Waals surface area contributed by atoms with E-state index in [0.717, 1.165) is 12.2 Å². The SMILES string of the molecule is CC1=CN(C)CC1c1ccncn1. The average Bonchev–Trinajstić information content (AvgIpc) is 2.47. The van der Waals surface area contributed by atoms with E-state index >= 15 is 0 Å². The van der Waals surface area contributed by atoms with E-state index in [2.05, 4.69) is 35.0 Å². The van der Waals surface area contributed by atoms with Gasteiger partial charge in [0.05, 0.1) is 5.69 Å². The van der Waals surface area contributed by atoms with Crippen LogP contribution in [0, 0.1) is 0 Å². The van der Waals surface area contributed by atoms with Crippen LogP contribution in [0.4, 0.5) is 0 Å². The number of hydrogen-bond acceptors (Lipinski definition) is 3. The lowest BCUT2D eigenvalue weighted by molar-refractivity contribution is 0.471. The van der Waals surface area contributed by atoms with Gasteiger partial charge in [0.15, 0.2) is 0 Å². The second-order valence-corrected chi connectivity index (χ2v) is 3.50. The molecule has 1 atom stereocenters. The van der Waals surface area contributed by atoms with E-state index in [1.54, 1.807) is 12.5 Å². The topological polar surface area (TPSA) is 29.0 Å². The smallest absolute Gasteiger partial charge is 0.115 e. The molecule has 0 N–H and O–H groups in total. The molecule has 2 heterocycles. The fourth-order valence-corrected chi connectivity index (χ4v) is 1.76. The van der Waals surface area contributed by atoms with E-state index in [1.807, 2.05) is 6.07 Å². The Morgan fingerprint density at radius 1 is 1.54 bits per heavy atom. The standard InChI is InChI=1S/C10H13N3/c1-8-5-13(2)6-9(8)10-3-4-11-7-12-10/h3-5,7,9H,6H2,1-2H3. The molecule has 1 aliphatic heterocycles. The first-order chi connectivity index (χ1) is 6.27. The summed E-state index contributed by atoms with van der Waals surface area (Å²) >= 11 is 0. The third kappa shape index (κ3) is 1.54. The predicted octanol–water partition coefficient (Wildman–Crippen LogP) is 1.41. The Labute approximate surface area is 78.1 Å². The van der Waals surface area contributed by atoms with Gasteiger partial charge in [0, 0.05) is 25.7 Å². The van der Waals surface area contributed by atoms with Crippen molar-refractivity contribution >= 4 is 0 Å². The summed E-state index contributed by atoms with van der Waals surface area (Å²) in [6, 6.07) is 1.99. The molecular weight excluding hydrogens is 162 g/mol. The molecule has 1 aliphatic rings. The minimum absolute atomic E-state index is 0.452. The van der Waals surface area contributed by atoms with Crippen molar-refractivity contribution in [2.75, 3.05) is 13.6 Å². The Hall–Kier alpha value is -1.38. The summed E-state index contributed by atoms with van der Waals surface area (Å²) in [4.78, 5) is 10.4. The van der Waals surface area contributed by atoms with Crippen molar-refractivity contribution in [1.82, 2.24) is 14.9 Å². The number of rotatable bonds is 1. The van der Waals surface area contributed by atoms with E-state index in [1.165, 1.54) is 5.57 Å². The molecule has 3 nitrogen and oxygen atoms in total. The molecule has 3 heteroatoms. The molecule has 0 fully saturated rings. The van der Waals surface area contributed by atoms with E-state index in [9.17, 15) is 0 Å². The van der Waals surface area contributed by atoms with Crippen molar-refractivity contribution < 1.29 is 0 Å². The fourth-order valence-electron chi connectivity index (χ4n) is 1.76. The zero-order chi connectivity index (χ0) is 9.26. The van der Waals surface area contributed by atoms with Crippen LogP contribution in [-0.4, -0.2) is 28.5 Å². The molecular formula is C10H13N3. The molecule has 0 radical (unpaired) electrons. The molecule has 13 heavy (non-hydrogen) atoms. The summed E-state index contributed by atoms with van der Waals surface area (Å²) in [6.45, 7) is 3.18. The summed E-state index contributed by atoms with van der Waals surface area (Å²) in [5, 5.41) is 0. The molecule has 0 saturated heterocycles. The van der Waals surface area contributed by atoms with Crippen molar-refractivity contribution in [3.05, 3.63) is 36.1 Å². The van der Waals surface area contributed by atoms with Gasteiger partial charge in [-0.25, -0.2) is 9.97 Å². The van der Waals surface area contributed by atoms with Gasteiger partial charge < -0.3 is 4.90 Å². The first-order valence-electron chi connectivity index (χ1n) is 4.42. The maximum Gasteiger partial charge on any atom is 0.115 e. The van der Waals surface area contributed by atoms with Crippen LogP contribution in [0.5, 0.6) is 0 Å². The van der Waals surface area contributed by atoms with Crippen LogP contribution in [0.3, 0.4) is 0 Å². The van der Waals surface area contributed by atoms with Crippen LogP contribution >= 0.6 is 0 Å². The number of aromatic nitrogens is 2. The highest BCUT2D eigenvalue weighted by Gasteiger charge is 2.21. The quantitative estimate of drug-likeness (QED) is 0.646. The van der Waals surface area contributed by atoms with Crippen LogP contribution < -0.4 is 0 Å². The highest BCUT2D eigenvalue weighted by atomic mass is 15.1. The zero-order valence-electron chi connectivity index (χ0n) is 7.94. The third-order valence-electron chi connectivity index (χ3n) is 2.41. The lowest BCUT2D eigenvalue weighted by Gasteiger charge is -2.12. The lowest BCUT2D eigenvalue weighted by atomic mass is 10.0. The molecule has 2 rings (SSSR count). The Bertz CT molecular complexity index is 318. The Morgan fingerprint density at radius 2 is 2.38 bits per heavy atom. The van der Waals surface area contributed by atoms with Crippen LogP contribution in [0.25, 0.3) is 0 Å². The van der Waals surface area contributed by atoms with E-state index in [0.29, 0.717) is 5.92 Å². The van der Waals surface area contributed by atoms with Gasteiger partial charge >= 0.3 is 0 Å². The highest BCUT2D eigenvalue weighted by Crippen LogP contribution is 2.28. The van der Waals surface area contributed by atoms with Gasteiger partial charge in [-0.15, -0.1) is 0 Å². The van der Waals surface area contributed by atoms with Crippen molar-refractivity contribution in [2.24, 2.45) is 0 Å². The summed E-state index contributed by atoms with van der Waals surface area (Å²) in [7, 11) is 2.09. The van der Waals surface area contributed by atoms with Crippen LogP contribution in [-0.2, 0) is 0 Å². The Morgan fingerprint density at radius 3 is 2.92 bits per heavy atom. The van der Waals surface area contributed by atoms with Crippen molar-refractivity contribution in [3.8, 4) is 0 Å². The molecule has 0 spiro atoms. The van der Waals surface area contributed by atoms with E-state index in [-0.39, 0.29) is 0 Å². The summed E-state index contributed by atoms with van der Waals surface area (Å²) < 4.78 is 0. The molecule has 1 aromatic rings. The molecule has 1 aromatic heterocycles. The van der Waals surface area contributed by atoms with E-state index < -0.39 is 0 Å². The largest absolute Gasteiger partial charge is 0.379 e. The number of likely N-dealkylation sites (N-methyl/N-ethyl adjacent to an activating group) is 1. The fraction of sp³-hybridized carbons (Fsp3) is 0.400. The number of hydrogen-bond donors (Lipinski definition) is 0. The maximum atomic E-state index is 4.27. The van der Waals surface area contributed by atoms with Crippen molar-refractivity contribution in [3.63, 3.8) is 0 Å². The van der Waals surface area contributed by atoms with Gasteiger partial charge in [0.1, 0.15) is 6.33 Å².